The normalized spacial score (nSPS) is 14.0. The molecule has 0 unspecified atom stereocenters. The first-order chi connectivity index (χ1) is 30.1. The first-order valence-electron chi connectivity index (χ1n) is 22.6. The molecule has 0 amide bonds. The zero-order valence-corrected chi connectivity index (χ0v) is 40.4. The van der Waals surface area contributed by atoms with Crippen molar-refractivity contribution in [2.75, 3.05) is 14.2 Å². The highest BCUT2D eigenvalue weighted by Gasteiger charge is 2.40. The smallest absolute Gasteiger partial charge is 0.118 e. The minimum Gasteiger partial charge on any atom is -0.497 e. The molecule has 0 N–H and O–H groups in total. The molecule has 0 saturated heterocycles. The Balaban J connectivity index is 1.59. The van der Waals surface area contributed by atoms with E-state index < -0.39 is 0 Å². The van der Waals surface area contributed by atoms with Gasteiger partial charge in [0.2, 0.25) is 0 Å². The van der Waals surface area contributed by atoms with Crippen LogP contribution in [-0.4, -0.2) is 14.2 Å². The van der Waals surface area contributed by atoms with E-state index in [1.165, 1.54) is 49.7 Å². The number of rotatable bonds is 4. The molecule has 0 aromatic heterocycles. The maximum atomic E-state index is 5.55. The summed E-state index contributed by atoms with van der Waals surface area (Å²) in [4.78, 5) is 0. The van der Waals surface area contributed by atoms with Gasteiger partial charge in [0.25, 0.3) is 0 Å². The molecular formula is C62H62O2. The Morgan fingerprint density at radius 1 is 0.344 bits per heavy atom. The van der Waals surface area contributed by atoms with E-state index in [4.69, 9.17) is 9.47 Å². The predicted octanol–water partition coefficient (Wildman–Crippen LogP) is 15.3. The number of hydrogen-bond acceptors (Lipinski definition) is 2. The fourth-order valence-electron chi connectivity index (χ4n) is 8.66. The van der Waals surface area contributed by atoms with Crippen molar-refractivity contribution in [2.24, 2.45) is 0 Å². The second kappa shape index (κ2) is 16.3. The zero-order valence-electron chi connectivity index (χ0n) is 40.4. The summed E-state index contributed by atoms with van der Waals surface area (Å²) in [6.07, 6.45) is 0. The van der Waals surface area contributed by atoms with E-state index >= 15 is 0 Å². The summed E-state index contributed by atoms with van der Waals surface area (Å²) in [6.45, 7) is 27.8. The Kier molecular flexibility index (Phi) is 11.2. The monoisotopic (exact) mass is 838 g/mol. The van der Waals surface area contributed by atoms with Crippen LogP contribution in [0.4, 0.5) is 0 Å². The molecule has 2 heteroatoms. The number of fused-ring (bicyclic) bond motifs is 4. The minimum atomic E-state index is -0.104. The highest BCUT2D eigenvalue weighted by atomic mass is 16.5. The maximum Gasteiger partial charge on any atom is 0.118 e. The zero-order chi connectivity index (χ0) is 45.9. The van der Waals surface area contributed by atoms with Gasteiger partial charge in [0, 0.05) is 44.6 Å². The molecule has 0 radical (unpaired) electrons. The number of benzene rings is 6. The fourth-order valence-corrected chi connectivity index (χ4v) is 8.66. The van der Waals surface area contributed by atoms with Gasteiger partial charge in [-0.1, -0.05) is 167 Å². The van der Waals surface area contributed by atoms with Crippen LogP contribution in [0.1, 0.15) is 139 Å². The largest absolute Gasteiger partial charge is 0.497 e. The lowest BCUT2D eigenvalue weighted by molar-refractivity contribution is 0.414. The molecule has 2 aliphatic carbocycles. The number of allylic oxidation sites excluding steroid dienone is 6. The molecule has 6 aromatic carbocycles. The number of ether oxygens (including phenoxy) is 2. The first-order valence-corrected chi connectivity index (χ1v) is 22.6. The minimum absolute atomic E-state index is 0.0958. The van der Waals surface area contributed by atoms with E-state index in [2.05, 4.69) is 192 Å². The van der Waals surface area contributed by atoms with Crippen LogP contribution in [0, 0.1) is 23.7 Å². The Morgan fingerprint density at radius 3 is 1.11 bits per heavy atom. The first kappa shape index (κ1) is 44.1. The second-order valence-corrected chi connectivity index (χ2v) is 21.6. The van der Waals surface area contributed by atoms with Gasteiger partial charge in [0.05, 0.1) is 14.2 Å². The summed E-state index contributed by atoms with van der Waals surface area (Å²) in [6, 6.07) is 44.1. The molecule has 0 bridgehead atoms. The maximum absolute atomic E-state index is 5.55. The van der Waals surface area contributed by atoms with E-state index in [0.717, 1.165) is 61.6 Å². The third-order valence-corrected chi connectivity index (χ3v) is 12.7. The highest BCUT2D eigenvalue weighted by molar-refractivity contribution is 6.30. The van der Waals surface area contributed by atoms with Crippen molar-refractivity contribution >= 4 is 33.1 Å². The molecule has 0 spiro atoms. The molecule has 2 aliphatic rings. The molecule has 0 atom stereocenters. The number of methoxy groups -OCH3 is 2. The summed E-state index contributed by atoms with van der Waals surface area (Å²) in [5.74, 6) is 16.6. The van der Waals surface area contributed by atoms with Gasteiger partial charge in [-0.25, -0.2) is 0 Å². The van der Waals surface area contributed by atoms with E-state index in [9.17, 15) is 0 Å². The Morgan fingerprint density at radius 2 is 0.719 bits per heavy atom. The van der Waals surface area contributed by atoms with Gasteiger partial charge in [-0.15, -0.1) is 0 Å². The van der Waals surface area contributed by atoms with Crippen LogP contribution in [0.25, 0.3) is 33.1 Å². The van der Waals surface area contributed by atoms with Gasteiger partial charge in [-0.3, -0.25) is 0 Å². The van der Waals surface area contributed by atoms with Crippen LogP contribution >= 0.6 is 0 Å². The SMILES string of the molecule is COc1ccc(C#CC2=C(c3cc(C(C)(C)C)cc(C(C)(C)C)c3)C3=C(C#Cc4ccc(OC)cc4)c4cc5ccccc5cc4C3=C2c2cc(C(C)(C)C)cc(C(C)(C)C)c2)cc1. The fraction of sp³-hybridized carbons (Fsp3) is 0.290. The van der Waals surface area contributed by atoms with Crippen molar-refractivity contribution in [1.29, 1.82) is 0 Å². The quantitative estimate of drug-likeness (QED) is 0.165. The Labute approximate surface area is 383 Å². The van der Waals surface area contributed by atoms with Crippen molar-refractivity contribution in [1.82, 2.24) is 0 Å². The van der Waals surface area contributed by atoms with E-state index in [0.29, 0.717) is 0 Å². The topological polar surface area (TPSA) is 18.5 Å². The van der Waals surface area contributed by atoms with Gasteiger partial charge in [0.15, 0.2) is 0 Å². The van der Waals surface area contributed by atoms with Crippen LogP contribution in [0.2, 0.25) is 0 Å². The lowest BCUT2D eigenvalue weighted by atomic mass is 9.77. The molecular weight excluding hydrogens is 777 g/mol. The molecule has 322 valence electrons. The van der Waals surface area contributed by atoms with Crippen LogP contribution in [0.5, 0.6) is 11.5 Å². The molecule has 2 nitrogen and oxygen atoms in total. The Bertz CT molecular complexity index is 2990. The molecule has 0 fully saturated rings. The second-order valence-electron chi connectivity index (χ2n) is 21.6. The predicted molar refractivity (Wildman–Crippen MR) is 272 cm³/mol. The number of hydrogen-bond donors (Lipinski definition) is 0. The third kappa shape index (κ3) is 8.60. The van der Waals surface area contributed by atoms with Crippen molar-refractivity contribution in [2.45, 2.75) is 105 Å². The third-order valence-electron chi connectivity index (χ3n) is 12.7. The molecule has 64 heavy (non-hydrogen) atoms. The van der Waals surface area contributed by atoms with Crippen molar-refractivity contribution in [3.63, 3.8) is 0 Å². The summed E-state index contributed by atoms with van der Waals surface area (Å²) in [5, 5.41) is 2.38. The summed E-state index contributed by atoms with van der Waals surface area (Å²) < 4.78 is 11.1. The lowest BCUT2D eigenvalue weighted by Crippen LogP contribution is -2.17. The highest BCUT2D eigenvalue weighted by Crippen LogP contribution is 2.59. The standard InChI is InChI=1S/C62H62O2/c1-59(2,3)45-31-43(32-46(37-45)60(4,5)6)55-52(30-24-40-21-27-50(64-14)28-22-40)56(44-33-47(61(7,8)9)38-48(34-44)62(10,11)12)58-54-36-42-18-16-15-17-41(42)35-53(54)51(57(55)58)29-23-39-19-25-49(63-13)26-20-39/h15-22,25-28,31-38H,1-14H3. The molecule has 0 heterocycles. The summed E-state index contributed by atoms with van der Waals surface area (Å²) in [5.41, 5.74) is 17.9. The van der Waals surface area contributed by atoms with Crippen LogP contribution in [-0.2, 0) is 21.7 Å². The van der Waals surface area contributed by atoms with Crippen molar-refractivity contribution in [3.05, 3.63) is 188 Å². The molecule has 0 aliphatic heterocycles. The summed E-state index contributed by atoms with van der Waals surface area (Å²) >= 11 is 0. The lowest BCUT2D eigenvalue weighted by Gasteiger charge is -2.27. The van der Waals surface area contributed by atoms with Crippen molar-refractivity contribution < 1.29 is 9.47 Å². The van der Waals surface area contributed by atoms with E-state index in [1.54, 1.807) is 14.2 Å². The van der Waals surface area contributed by atoms with Crippen LogP contribution < -0.4 is 9.47 Å². The van der Waals surface area contributed by atoms with Gasteiger partial charge >= 0.3 is 0 Å². The van der Waals surface area contributed by atoms with Crippen molar-refractivity contribution in [3.8, 4) is 35.2 Å². The molecule has 6 aromatic rings. The summed E-state index contributed by atoms with van der Waals surface area (Å²) in [7, 11) is 3.40. The van der Waals surface area contributed by atoms with Gasteiger partial charge in [0.1, 0.15) is 11.5 Å². The van der Waals surface area contributed by atoms with E-state index in [-0.39, 0.29) is 21.7 Å². The molecule has 8 rings (SSSR count). The van der Waals surface area contributed by atoms with Crippen LogP contribution in [0.15, 0.2) is 132 Å². The Hall–Kier alpha value is -6.48. The molecule has 0 saturated carbocycles. The van der Waals surface area contributed by atoms with Gasteiger partial charge in [-0.2, -0.15) is 0 Å². The average molecular weight is 839 g/mol. The van der Waals surface area contributed by atoms with Crippen LogP contribution in [0.3, 0.4) is 0 Å². The average Bonchev–Trinajstić information content (AvgIpc) is 3.74. The van der Waals surface area contributed by atoms with Gasteiger partial charge < -0.3 is 9.47 Å². The van der Waals surface area contributed by atoms with E-state index in [1.807, 2.05) is 36.4 Å². The van der Waals surface area contributed by atoms with Gasteiger partial charge in [-0.05, 0) is 138 Å².